The van der Waals surface area contributed by atoms with E-state index in [-0.39, 0.29) is 0 Å². The van der Waals surface area contributed by atoms with Crippen molar-refractivity contribution in [3.8, 4) is 0 Å². The Hall–Kier alpha value is -0.930. The van der Waals surface area contributed by atoms with Gasteiger partial charge in [0.25, 0.3) is 0 Å². The maximum atomic E-state index is 5.83. The molecule has 3 nitrogen and oxygen atoms in total. The fourth-order valence-corrected chi connectivity index (χ4v) is 4.33. The van der Waals surface area contributed by atoms with Crippen molar-refractivity contribution < 1.29 is 0 Å². The molecule has 0 spiro atoms. The molecule has 19 heavy (non-hydrogen) atoms. The van der Waals surface area contributed by atoms with E-state index in [1.807, 2.05) is 12.4 Å². The number of hydrazine groups is 1. The quantitative estimate of drug-likeness (QED) is 0.631. The summed E-state index contributed by atoms with van der Waals surface area (Å²) in [6.07, 6.45) is 11.9. The Morgan fingerprint density at radius 2 is 2.32 bits per heavy atom. The number of nitrogens with one attached hydrogen (secondary N) is 1. The summed E-state index contributed by atoms with van der Waals surface area (Å²) in [5.74, 6) is 8.68. The molecular formula is C16H25N3. The van der Waals surface area contributed by atoms with Gasteiger partial charge in [0.15, 0.2) is 0 Å². The average Bonchev–Trinajstić information content (AvgIpc) is 3.07. The van der Waals surface area contributed by atoms with E-state index in [9.17, 15) is 0 Å². The molecule has 0 aliphatic heterocycles. The highest BCUT2D eigenvalue weighted by Crippen LogP contribution is 2.50. The Kier molecular flexibility index (Phi) is 3.85. The molecule has 2 bridgehead atoms. The van der Waals surface area contributed by atoms with Crippen molar-refractivity contribution in [3.05, 3.63) is 29.6 Å². The SMILES string of the molecule is CCc1cnccc1C(CC1CC2CCC1C2)NN. The number of nitrogens with two attached hydrogens (primary N) is 1. The Labute approximate surface area is 116 Å². The highest BCUT2D eigenvalue weighted by atomic mass is 15.2. The molecule has 104 valence electrons. The van der Waals surface area contributed by atoms with Crippen molar-refractivity contribution >= 4 is 0 Å². The van der Waals surface area contributed by atoms with E-state index in [4.69, 9.17) is 5.84 Å². The fourth-order valence-electron chi connectivity index (χ4n) is 4.33. The molecule has 2 aliphatic carbocycles. The van der Waals surface area contributed by atoms with E-state index in [0.29, 0.717) is 6.04 Å². The third-order valence-electron chi connectivity index (χ3n) is 5.32. The summed E-state index contributed by atoms with van der Waals surface area (Å²) < 4.78 is 0. The first-order chi connectivity index (χ1) is 9.31. The van der Waals surface area contributed by atoms with Gasteiger partial charge in [-0.3, -0.25) is 16.3 Å². The first-order valence-corrected chi connectivity index (χ1v) is 7.70. The van der Waals surface area contributed by atoms with Crippen molar-refractivity contribution in [1.82, 2.24) is 10.4 Å². The first kappa shape index (κ1) is 13.1. The minimum absolute atomic E-state index is 0.294. The summed E-state index contributed by atoms with van der Waals surface area (Å²) in [6, 6.07) is 2.43. The van der Waals surface area contributed by atoms with Crippen LogP contribution in [0.2, 0.25) is 0 Å². The molecule has 0 radical (unpaired) electrons. The standard InChI is InChI=1S/C16H25N3/c1-2-12-10-18-6-5-15(12)16(19-17)9-14-8-11-3-4-13(14)7-11/h5-6,10-11,13-14,16,19H,2-4,7-9,17H2,1H3. The minimum Gasteiger partial charge on any atom is -0.271 e. The summed E-state index contributed by atoms with van der Waals surface area (Å²) in [6.45, 7) is 2.19. The van der Waals surface area contributed by atoms with Crippen molar-refractivity contribution in [1.29, 1.82) is 0 Å². The second kappa shape index (κ2) is 5.59. The van der Waals surface area contributed by atoms with Crippen LogP contribution in [0.4, 0.5) is 0 Å². The van der Waals surface area contributed by atoms with Crippen LogP contribution in [0.5, 0.6) is 0 Å². The molecule has 3 N–H and O–H groups in total. The molecule has 0 aromatic carbocycles. The van der Waals surface area contributed by atoms with E-state index in [1.54, 1.807) is 0 Å². The van der Waals surface area contributed by atoms with Gasteiger partial charge in [-0.15, -0.1) is 0 Å². The van der Waals surface area contributed by atoms with Crippen molar-refractivity contribution in [2.45, 2.75) is 51.5 Å². The lowest BCUT2D eigenvalue weighted by molar-refractivity contribution is 0.279. The summed E-state index contributed by atoms with van der Waals surface area (Å²) in [4.78, 5) is 4.23. The van der Waals surface area contributed by atoms with Crippen LogP contribution in [0.15, 0.2) is 18.5 Å². The molecule has 0 saturated heterocycles. The predicted octanol–water partition coefficient (Wildman–Crippen LogP) is 2.97. The van der Waals surface area contributed by atoms with Gasteiger partial charge in [0.1, 0.15) is 0 Å². The molecule has 0 amide bonds. The van der Waals surface area contributed by atoms with Crippen molar-refractivity contribution in [3.63, 3.8) is 0 Å². The van der Waals surface area contributed by atoms with Gasteiger partial charge in [0.05, 0.1) is 0 Å². The van der Waals surface area contributed by atoms with Crippen LogP contribution >= 0.6 is 0 Å². The Morgan fingerprint density at radius 1 is 1.42 bits per heavy atom. The zero-order valence-corrected chi connectivity index (χ0v) is 11.8. The van der Waals surface area contributed by atoms with Crippen LogP contribution < -0.4 is 11.3 Å². The van der Waals surface area contributed by atoms with Gasteiger partial charge in [0.2, 0.25) is 0 Å². The van der Waals surface area contributed by atoms with E-state index < -0.39 is 0 Å². The monoisotopic (exact) mass is 259 g/mol. The van der Waals surface area contributed by atoms with Crippen molar-refractivity contribution in [2.75, 3.05) is 0 Å². The third kappa shape index (κ3) is 2.54. The fraction of sp³-hybridized carbons (Fsp3) is 0.688. The van der Waals surface area contributed by atoms with Gasteiger partial charge >= 0.3 is 0 Å². The van der Waals surface area contributed by atoms with E-state index in [0.717, 1.165) is 24.2 Å². The molecule has 4 unspecified atom stereocenters. The number of aromatic nitrogens is 1. The Morgan fingerprint density at radius 3 is 2.95 bits per heavy atom. The molecule has 3 rings (SSSR count). The molecule has 1 aromatic rings. The molecule has 1 heterocycles. The molecule has 2 aliphatic rings. The van der Waals surface area contributed by atoms with Crippen LogP contribution in [-0.4, -0.2) is 4.98 Å². The van der Waals surface area contributed by atoms with Gasteiger partial charge in [-0.05, 0) is 67.1 Å². The first-order valence-electron chi connectivity index (χ1n) is 7.70. The number of hydrogen-bond donors (Lipinski definition) is 2. The normalized spacial score (nSPS) is 30.7. The number of fused-ring (bicyclic) bond motifs is 2. The Bertz CT molecular complexity index is 432. The van der Waals surface area contributed by atoms with Crippen LogP contribution in [0, 0.1) is 17.8 Å². The Balaban J connectivity index is 1.73. The van der Waals surface area contributed by atoms with Crippen LogP contribution in [0.3, 0.4) is 0 Å². The zero-order chi connectivity index (χ0) is 13.2. The summed E-state index contributed by atoms with van der Waals surface area (Å²) in [5.41, 5.74) is 5.73. The van der Waals surface area contributed by atoms with E-state index in [2.05, 4.69) is 23.4 Å². The maximum Gasteiger partial charge on any atom is 0.0466 e. The molecule has 2 fully saturated rings. The minimum atomic E-state index is 0.294. The number of rotatable bonds is 5. The number of aryl methyl sites for hydroxylation is 1. The van der Waals surface area contributed by atoms with Gasteiger partial charge in [-0.25, -0.2) is 0 Å². The van der Waals surface area contributed by atoms with Crippen LogP contribution in [0.25, 0.3) is 0 Å². The zero-order valence-electron chi connectivity index (χ0n) is 11.8. The largest absolute Gasteiger partial charge is 0.271 e. The number of hydrogen-bond acceptors (Lipinski definition) is 3. The van der Waals surface area contributed by atoms with Gasteiger partial charge in [-0.1, -0.05) is 13.3 Å². The molecule has 3 heteroatoms. The summed E-state index contributed by atoms with van der Waals surface area (Å²) in [5, 5.41) is 0. The lowest BCUT2D eigenvalue weighted by atomic mass is 9.82. The van der Waals surface area contributed by atoms with Gasteiger partial charge in [-0.2, -0.15) is 0 Å². The van der Waals surface area contributed by atoms with Gasteiger partial charge < -0.3 is 0 Å². The second-order valence-corrected chi connectivity index (χ2v) is 6.32. The molecule has 1 aromatic heterocycles. The maximum absolute atomic E-state index is 5.83. The van der Waals surface area contributed by atoms with Gasteiger partial charge in [0, 0.05) is 18.4 Å². The average molecular weight is 259 g/mol. The highest BCUT2D eigenvalue weighted by Gasteiger charge is 2.40. The van der Waals surface area contributed by atoms with Crippen molar-refractivity contribution in [2.24, 2.45) is 23.6 Å². The van der Waals surface area contributed by atoms with Crippen LogP contribution in [-0.2, 0) is 6.42 Å². The second-order valence-electron chi connectivity index (χ2n) is 6.32. The lowest BCUT2D eigenvalue weighted by Gasteiger charge is -2.27. The molecule has 2 saturated carbocycles. The predicted molar refractivity (Wildman–Crippen MR) is 77.2 cm³/mol. The topological polar surface area (TPSA) is 50.9 Å². The lowest BCUT2D eigenvalue weighted by Crippen LogP contribution is -2.31. The summed E-state index contributed by atoms with van der Waals surface area (Å²) in [7, 11) is 0. The van der Waals surface area contributed by atoms with Crippen LogP contribution in [0.1, 0.15) is 56.2 Å². The van der Waals surface area contributed by atoms with E-state index >= 15 is 0 Å². The smallest absolute Gasteiger partial charge is 0.0466 e. The number of nitrogens with zero attached hydrogens (tertiary/aromatic N) is 1. The molecular weight excluding hydrogens is 234 g/mol. The highest BCUT2D eigenvalue weighted by molar-refractivity contribution is 5.26. The molecule has 4 atom stereocenters. The third-order valence-corrected chi connectivity index (χ3v) is 5.32. The van der Waals surface area contributed by atoms with E-state index in [1.165, 1.54) is 43.2 Å². The number of pyridine rings is 1. The summed E-state index contributed by atoms with van der Waals surface area (Å²) >= 11 is 0.